The summed E-state index contributed by atoms with van der Waals surface area (Å²) in [6.07, 6.45) is 0.441. The standard InChI is InChI=1S/C27H25NO7S/c1-33-19-11-6-16(15-20(19)34-2)12-13-28-23(17-7-9-18(10-8-17)27(32)35-3)22(25(30)26(28)31)24(29)21-5-4-14-36-21/h4-11,14-15,23,30H,12-13H2,1-3H3/t23-/m1/s1. The number of nitrogens with zero attached hydrogens (tertiary/aromatic N) is 1. The molecule has 0 fully saturated rings. The number of amides is 1. The maximum absolute atomic E-state index is 13.4. The van der Waals surface area contributed by atoms with E-state index in [4.69, 9.17) is 14.2 Å². The molecule has 0 saturated heterocycles. The molecule has 2 heterocycles. The molecule has 0 spiro atoms. The number of aliphatic hydroxyl groups is 1. The normalized spacial score (nSPS) is 15.2. The van der Waals surface area contributed by atoms with Gasteiger partial charge in [-0.25, -0.2) is 4.79 Å². The van der Waals surface area contributed by atoms with Crippen LogP contribution in [0, 0.1) is 0 Å². The van der Waals surface area contributed by atoms with Crippen LogP contribution in [-0.2, 0) is 16.0 Å². The van der Waals surface area contributed by atoms with Crippen molar-refractivity contribution in [3.63, 3.8) is 0 Å². The zero-order chi connectivity index (χ0) is 25.8. The molecule has 36 heavy (non-hydrogen) atoms. The predicted molar refractivity (Wildman–Crippen MR) is 134 cm³/mol. The van der Waals surface area contributed by atoms with Gasteiger partial charge in [0.25, 0.3) is 5.91 Å². The van der Waals surface area contributed by atoms with Crippen LogP contribution in [0.2, 0.25) is 0 Å². The van der Waals surface area contributed by atoms with E-state index < -0.39 is 29.5 Å². The van der Waals surface area contributed by atoms with Gasteiger partial charge >= 0.3 is 5.97 Å². The number of thiophene rings is 1. The molecule has 0 radical (unpaired) electrons. The molecule has 0 aliphatic carbocycles. The highest BCUT2D eigenvalue weighted by molar-refractivity contribution is 7.12. The Morgan fingerprint density at radius 2 is 1.72 bits per heavy atom. The fourth-order valence-corrected chi connectivity index (χ4v) is 4.89. The Morgan fingerprint density at radius 1 is 1.00 bits per heavy atom. The van der Waals surface area contributed by atoms with Crippen LogP contribution >= 0.6 is 11.3 Å². The van der Waals surface area contributed by atoms with Gasteiger partial charge in [-0.15, -0.1) is 11.3 Å². The summed E-state index contributed by atoms with van der Waals surface area (Å²) in [5.41, 5.74) is 1.83. The summed E-state index contributed by atoms with van der Waals surface area (Å²) in [5, 5.41) is 12.6. The number of ketones is 1. The minimum absolute atomic E-state index is 0.0144. The molecule has 1 N–H and O–H groups in total. The molecule has 0 bridgehead atoms. The first-order chi connectivity index (χ1) is 17.4. The van der Waals surface area contributed by atoms with E-state index >= 15 is 0 Å². The van der Waals surface area contributed by atoms with Crippen LogP contribution in [0.3, 0.4) is 0 Å². The number of aliphatic hydroxyl groups excluding tert-OH is 1. The first kappa shape index (κ1) is 25.0. The van der Waals surface area contributed by atoms with E-state index in [0.717, 1.165) is 5.56 Å². The molecule has 0 saturated carbocycles. The second kappa shape index (κ2) is 10.7. The Bertz CT molecular complexity index is 1310. The summed E-state index contributed by atoms with van der Waals surface area (Å²) in [6.45, 7) is 0.225. The molecule has 1 amide bonds. The lowest BCUT2D eigenvalue weighted by atomic mass is 9.94. The number of carbonyl (C=O) groups is 3. The SMILES string of the molecule is COC(=O)c1ccc([C@@H]2C(C(=O)c3cccs3)=C(O)C(=O)N2CCc2ccc(OC)c(OC)c2)cc1. The Kier molecular flexibility index (Phi) is 7.40. The highest BCUT2D eigenvalue weighted by Gasteiger charge is 2.43. The monoisotopic (exact) mass is 507 g/mol. The highest BCUT2D eigenvalue weighted by Crippen LogP contribution is 2.40. The minimum atomic E-state index is -0.820. The van der Waals surface area contributed by atoms with Crippen molar-refractivity contribution in [1.29, 1.82) is 0 Å². The lowest BCUT2D eigenvalue weighted by molar-refractivity contribution is -0.129. The van der Waals surface area contributed by atoms with Crippen LogP contribution in [0.5, 0.6) is 11.5 Å². The second-order valence-corrected chi connectivity index (χ2v) is 8.97. The number of hydrogen-bond donors (Lipinski definition) is 1. The fourth-order valence-electron chi connectivity index (χ4n) is 4.21. The Balaban J connectivity index is 1.69. The predicted octanol–water partition coefficient (Wildman–Crippen LogP) is 4.37. The van der Waals surface area contributed by atoms with Crippen LogP contribution < -0.4 is 9.47 Å². The molecule has 9 heteroatoms. The molecule has 186 valence electrons. The van der Waals surface area contributed by atoms with Crippen LogP contribution in [0.15, 0.2) is 71.3 Å². The van der Waals surface area contributed by atoms with Crippen molar-refractivity contribution in [2.24, 2.45) is 0 Å². The Morgan fingerprint density at radius 3 is 2.33 bits per heavy atom. The third-order valence-corrected chi connectivity index (χ3v) is 6.90. The van der Waals surface area contributed by atoms with Gasteiger partial charge < -0.3 is 24.2 Å². The van der Waals surface area contributed by atoms with Gasteiger partial charge in [0.1, 0.15) is 0 Å². The van der Waals surface area contributed by atoms with E-state index in [0.29, 0.717) is 33.9 Å². The zero-order valence-electron chi connectivity index (χ0n) is 20.0. The molecule has 8 nitrogen and oxygen atoms in total. The minimum Gasteiger partial charge on any atom is -0.503 e. The number of Topliss-reactive ketones (excluding diaryl/α,β-unsaturated/α-hetero) is 1. The van der Waals surface area contributed by atoms with E-state index in [1.54, 1.807) is 62.1 Å². The first-order valence-electron chi connectivity index (χ1n) is 11.1. The summed E-state index contributed by atoms with van der Waals surface area (Å²) in [6, 6.07) is 14.5. The lowest BCUT2D eigenvalue weighted by Gasteiger charge is -2.27. The smallest absolute Gasteiger partial charge is 0.337 e. The van der Waals surface area contributed by atoms with Crippen molar-refractivity contribution in [3.8, 4) is 11.5 Å². The maximum atomic E-state index is 13.4. The molecule has 1 aromatic heterocycles. The molecule has 3 aromatic rings. The number of hydrogen-bond acceptors (Lipinski definition) is 8. The van der Waals surface area contributed by atoms with E-state index in [1.807, 2.05) is 12.1 Å². The highest BCUT2D eigenvalue weighted by atomic mass is 32.1. The van der Waals surface area contributed by atoms with Crippen molar-refractivity contribution in [2.75, 3.05) is 27.9 Å². The third kappa shape index (κ3) is 4.70. The Hall–Kier alpha value is -4.11. The van der Waals surface area contributed by atoms with Gasteiger partial charge in [0, 0.05) is 6.54 Å². The average Bonchev–Trinajstić information content (AvgIpc) is 3.54. The van der Waals surface area contributed by atoms with Gasteiger partial charge in [0.05, 0.1) is 43.4 Å². The molecule has 2 aromatic carbocycles. The van der Waals surface area contributed by atoms with E-state index in [1.165, 1.54) is 23.3 Å². The summed E-state index contributed by atoms with van der Waals surface area (Å²) in [4.78, 5) is 40.3. The topological polar surface area (TPSA) is 102 Å². The first-order valence-corrected chi connectivity index (χ1v) is 12.0. The maximum Gasteiger partial charge on any atom is 0.337 e. The number of esters is 1. The van der Waals surface area contributed by atoms with Crippen molar-refractivity contribution >= 4 is 29.0 Å². The summed E-state index contributed by atoms with van der Waals surface area (Å²) in [7, 11) is 4.39. The lowest BCUT2D eigenvalue weighted by Crippen LogP contribution is -2.33. The van der Waals surface area contributed by atoms with Crippen molar-refractivity contribution < 1.29 is 33.7 Å². The summed E-state index contributed by atoms with van der Waals surface area (Å²) < 4.78 is 15.4. The van der Waals surface area contributed by atoms with Gasteiger partial charge in [-0.2, -0.15) is 0 Å². The van der Waals surface area contributed by atoms with E-state index in [-0.39, 0.29) is 12.1 Å². The van der Waals surface area contributed by atoms with Gasteiger partial charge in [0.15, 0.2) is 17.3 Å². The second-order valence-electron chi connectivity index (χ2n) is 8.02. The van der Waals surface area contributed by atoms with Crippen molar-refractivity contribution in [2.45, 2.75) is 12.5 Å². The number of ether oxygens (including phenoxy) is 3. The van der Waals surface area contributed by atoms with Crippen molar-refractivity contribution in [1.82, 2.24) is 4.90 Å². The molecular weight excluding hydrogens is 482 g/mol. The molecule has 1 aliphatic heterocycles. The van der Waals surface area contributed by atoms with Gasteiger partial charge in [0.2, 0.25) is 5.78 Å². The largest absolute Gasteiger partial charge is 0.503 e. The molecule has 4 rings (SSSR count). The fraction of sp³-hybridized carbons (Fsp3) is 0.222. The number of rotatable bonds is 9. The summed E-state index contributed by atoms with van der Waals surface area (Å²) in [5.74, 6) is -0.952. The zero-order valence-corrected chi connectivity index (χ0v) is 20.8. The molecule has 0 unspecified atom stereocenters. The van der Waals surface area contributed by atoms with Crippen LogP contribution in [0.25, 0.3) is 0 Å². The average molecular weight is 508 g/mol. The van der Waals surface area contributed by atoms with Crippen LogP contribution in [0.1, 0.15) is 37.2 Å². The molecular formula is C27H25NO7S. The third-order valence-electron chi connectivity index (χ3n) is 6.03. The van der Waals surface area contributed by atoms with Crippen LogP contribution in [0.4, 0.5) is 0 Å². The van der Waals surface area contributed by atoms with Gasteiger partial charge in [-0.1, -0.05) is 24.3 Å². The number of methoxy groups -OCH3 is 3. The molecule has 1 atom stereocenters. The van der Waals surface area contributed by atoms with Gasteiger partial charge in [-0.05, 0) is 53.3 Å². The van der Waals surface area contributed by atoms with Crippen molar-refractivity contribution in [3.05, 3.63) is 92.9 Å². The molecule has 1 aliphatic rings. The van der Waals surface area contributed by atoms with Gasteiger partial charge in [-0.3, -0.25) is 9.59 Å². The number of benzene rings is 2. The quantitative estimate of drug-likeness (QED) is 0.339. The Labute approximate surface area is 212 Å². The summed E-state index contributed by atoms with van der Waals surface area (Å²) >= 11 is 1.24. The van der Waals surface area contributed by atoms with E-state index in [9.17, 15) is 19.5 Å². The van der Waals surface area contributed by atoms with Crippen LogP contribution in [-0.4, -0.2) is 55.5 Å². The number of carbonyl (C=O) groups excluding carboxylic acids is 3. The van der Waals surface area contributed by atoms with E-state index in [2.05, 4.69) is 0 Å².